The number of aryl methyl sites for hydroxylation is 1. The molecule has 5 heteroatoms. The average molecular weight is 219 g/mol. The third-order valence-electron chi connectivity index (χ3n) is 2.44. The van der Waals surface area contributed by atoms with Gasteiger partial charge in [0.25, 0.3) is 0 Å². The van der Waals surface area contributed by atoms with Gasteiger partial charge in [0.15, 0.2) is 0 Å². The van der Waals surface area contributed by atoms with E-state index >= 15 is 0 Å². The van der Waals surface area contributed by atoms with Gasteiger partial charge in [0.2, 0.25) is 0 Å². The van der Waals surface area contributed by atoms with E-state index in [4.69, 9.17) is 0 Å². The monoisotopic (exact) mass is 219 g/mol. The molecule has 0 amide bonds. The maximum absolute atomic E-state index is 4.34. The number of hydrogen-bond acceptors (Lipinski definition) is 3. The Morgan fingerprint density at radius 3 is 2.94 bits per heavy atom. The molecule has 0 radical (unpaired) electrons. The van der Waals surface area contributed by atoms with Crippen molar-refractivity contribution in [3.05, 3.63) is 35.9 Å². The Kier molecular flexibility index (Phi) is 3.36. The summed E-state index contributed by atoms with van der Waals surface area (Å²) in [7, 11) is 1.92. The first-order chi connectivity index (χ1) is 7.79. The van der Waals surface area contributed by atoms with E-state index in [-0.39, 0.29) is 0 Å². The van der Waals surface area contributed by atoms with Crippen molar-refractivity contribution >= 4 is 0 Å². The zero-order valence-corrected chi connectivity index (χ0v) is 9.72. The van der Waals surface area contributed by atoms with Crippen LogP contribution >= 0.6 is 0 Å². The number of nitrogens with one attached hydrogen (secondary N) is 1. The summed E-state index contributed by atoms with van der Waals surface area (Å²) in [5, 5.41) is 11.9. The highest BCUT2D eigenvalue weighted by molar-refractivity contribution is 5.05. The number of nitrogens with zero attached hydrogens (tertiary/aromatic N) is 4. The smallest absolute Gasteiger partial charge is 0.0853 e. The molecule has 0 saturated heterocycles. The van der Waals surface area contributed by atoms with Crippen LogP contribution in [0.2, 0.25) is 0 Å². The van der Waals surface area contributed by atoms with Gasteiger partial charge in [-0.25, -0.2) is 0 Å². The fourth-order valence-corrected chi connectivity index (χ4v) is 1.61. The Morgan fingerprint density at radius 2 is 2.25 bits per heavy atom. The van der Waals surface area contributed by atoms with Crippen molar-refractivity contribution in [2.45, 2.75) is 20.0 Å². The lowest BCUT2D eigenvalue weighted by molar-refractivity contribution is 0.591. The van der Waals surface area contributed by atoms with Gasteiger partial charge in [0.05, 0.1) is 17.9 Å². The van der Waals surface area contributed by atoms with Crippen LogP contribution in [0.1, 0.15) is 18.3 Å². The quantitative estimate of drug-likeness (QED) is 0.808. The molecule has 2 heterocycles. The average Bonchev–Trinajstić information content (AvgIpc) is 2.86. The molecule has 16 heavy (non-hydrogen) atoms. The molecule has 2 aromatic rings. The van der Waals surface area contributed by atoms with Gasteiger partial charge in [-0.1, -0.05) is 6.92 Å². The van der Waals surface area contributed by atoms with E-state index in [9.17, 15) is 0 Å². The molecule has 0 aliphatic rings. The van der Waals surface area contributed by atoms with Crippen molar-refractivity contribution in [2.24, 2.45) is 7.05 Å². The van der Waals surface area contributed by atoms with E-state index in [0.29, 0.717) is 0 Å². The van der Waals surface area contributed by atoms with Crippen LogP contribution in [0.25, 0.3) is 0 Å². The van der Waals surface area contributed by atoms with Crippen LogP contribution in [0.5, 0.6) is 0 Å². The summed E-state index contributed by atoms with van der Waals surface area (Å²) in [6.07, 6.45) is 3.78. The molecule has 0 fully saturated rings. The van der Waals surface area contributed by atoms with Crippen LogP contribution in [-0.4, -0.2) is 26.1 Å². The molecule has 1 N–H and O–H groups in total. The Labute approximate surface area is 95.1 Å². The van der Waals surface area contributed by atoms with Gasteiger partial charge >= 0.3 is 0 Å². The Morgan fingerprint density at radius 1 is 1.38 bits per heavy atom. The van der Waals surface area contributed by atoms with Crippen molar-refractivity contribution in [1.29, 1.82) is 0 Å². The van der Waals surface area contributed by atoms with E-state index in [0.717, 1.165) is 25.3 Å². The molecular formula is C11H17N5. The molecule has 0 aromatic carbocycles. The lowest BCUT2D eigenvalue weighted by Crippen LogP contribution is -2.16. The maximum Gasteiger partial charge on any atom is 0.0853 e. The summed E-state index contributed by atoms with van der Waals surface area (Å²) in [4.78, 5) is 0. The van der Waals surface area contributed by atoms with Crippen LogP contribution in [-0.2, 0) is 20.1 Å². The normalized spacial score (nSPS) is 10.9. The van der Waals surface area contributed by atoms with Crippen molar-refractivity contribution < 1.29 is 0 Å². The summed E-state index contributed by atoms with van der Waals surface area (Å²) in [5.74, 6) is 0. The van der Waals surface area contributed by atoms with Crippen LogP contribution < -0.4 is 5.32 Å². The second-order valence-electron chi connectivity index (χ2n) is 3.74. The van der Waals surface area contributed by atoms with Gasteiger partial charge in [0, 0.05) is 26.0 Å². The summed E-state index contributed by atoms with van der Waals surface area (Å²) in [5.41, 5.74) is 2.22. The summed E-state index contributed by atoms with van der Waals surface area (Å²) >= 11 is 0. The Balaban J connectivity index is 2.06. The fourth-order valence-electron chi connectivity index (χ4n) is 1.61. The first-order valence-electron chi connectivity index (χ1n) is 5.49. The number of hydrogen-bond donors (Lipinski definition) is 1. The van der Waals surface area contributed by atoms with Crippen molar-refractivity contribution in [3.63, 3.8) is 0 Å². The van der Waals surface area contributed by atoms with Crippen molar-refractivity contribution in [1.82, 2.24) is 24.9 Å². The highest BCUT2D eigenvalue weighted by Gasteiger charge is 2.04. The third-order valence-corrected chi connectivity index (χ3v) is 2.44. The Bertz CT molecular complexity index is 443. The molecule has 0 unspecified atom stereocenters. The number of rotatable bonds is 5. The first kappa shape index (κ1) is 10.9. The first-order valence-corrected chi connectivity index (χ1v) is 5.49. The highest BCUT2D eigenvalue weighted by Crippen LogP contribution is 2.03. The Hall–Kier alpha value is -1.62. The van der Waals surface area contributed by atoms with Crippen LogP contribution in [0.4, 0.5) is 0 Å². The van der Waals surface area contributed by atoms with Gasteiger partial charge in [-0.05, 0) is 18.7 Å². The molecule has 86 valence electrons. The van der Waals surface area contributed by atoms with E-state index in [1.54, 1.807) is 0 Å². The molecule has 0 spiro atoms. The molecular weight excluding hydrogens is 202 g/mol. The number of aromatic nitrogens is 4. The zero-order valence-electron chi connectivity index (χ0n) is 9.72. The van der Waals surface area contributed by atoms with Crippen LogP contribution in [0.15, 0.2) is 24.5 Å². The minimum absolute atomic E-state index is 0.731. The molecule has 0 atom stereocenters. The van der Waals surface area contributed by atoms with Gasteiger partial charge in [0.1, 0.15) is 0 Å². The van der Waals surface area contributed by atoms with E-state index in [1.807, 2.05) is 40.9 Å². The van der Waals surface area contributed by atoms with Crippen LogP contribution in [0, 0.1) is 0 Å². The van der Waals surface area contributed by atoms with E-state index in [1.165, 1.54) is 5.69 Å². The minimum Gasteiger partial charge on any atom is -0.311 e. The second-order valence-corrected chi connectivity index (χ2v) is 3.74. The molecule has 2 aromatic heterocycles. The van der Waals surface area contributed by atoms with Gasteiger partial charge < -0.3 is 5.32 Å². The van der Waals surface area contributed by atoms with Crippen molar-refractivity contribution in [2.75, 3.05) is 6.54 Å². The topological polar surface area (TPSA) is 47.7 Å². The lowest BCUT2D eigenvalue weighted by atomic mass is 10.4. The zero-order chi connectivity index (χ0) is 11.4. The summed E-state index contributed by atoms with van der Waals surface area (Å²) in [6.45, 7) is 4.64. The fraction of sp³-hybridized carbons (Fsp3) is 0.455. The SMILES string of the molecule is CCNCc1ccnn1Cc1ccn(C)n1. The van der Waals surface area contributed by atoms with Crippen molar-refractivity contribution in [3.8, 4) is 0 Å². The summed E-state index contributed by atoms with van der Waals surface area (Å²) < 4.78 is 3.79. The minimum atomic E-state index is 0.731. The molecule has 0 aliphatic carbocycles. The molecule has 2 rings (SSSR count). The molecule has 0 saturated carbocycles. The second kappa shape index (κ2) is 4.94. The van der Waals surface area contributed by atoms with Crippen LogP contribution in [0.3, 0.4) is 0 Å². The molecule has 0 bridgehead atoms. The highest BCUT2D eigenvalue weighted by atomic mass is 15.3. The molecule has 0 aliphatic heterocycles. The standard InChI is InChI=1S/C11H17N5/c1-3-12-8-11-4-6-13-16(11)9-10-5-7-15(2)14-10/h4-7,12H,3,8-9H2,1-2H3. The van der Waals surface area contributed by atoms with Gasteiger partial charge in [-0.3, -0.25) is 9.36 Å². The maximum atomic E-state index is 4.34. The largest absolute Gasteiger partial charge is 0.311 e. The van der Waals surface area contributed by atoms with E-state index < -0.39 is 0 Å². The molecule has 5 nitrogen and oxygen atoms in total. The van der Waals surface area contributed by atoms with Gasteiger partial charge in [-0.2, -0.15) is 10.2 Å². The third kappa shape index (κ3) is 2.49. The predicted octanol–water partition coefficient (Wildman–Crippen LogP) is 0.774. The predicted molar refractivity (Wildman–Crippen MR) is 61.9 cm³/mol. The van der Waals surface area contributed by atoms with Gasteiger partial charge in [-0.15, -0.1) is 0 Å². The summed E-state index contributed by atoms with van der Waals surface area (Å²) in [6, 6.07) is 4.05. The van der Waals surface area contributed by atoms with E-state index in [2.05, 4.69) is 22.4 Å². The lowest BCUT2D eigenvalue weighted by Gasteiger charge is -2.05.